The van der Waals surface area contributed by atoms with Gasteiger partial charge in [0.25, 0.3) is 0 Å². The number of phenols is 1. The zero-order chi connectivity index (χ0) is 13.3. The summed E-state index contributed by atoms with van der Waals surface area (Å²) in [6.07, 6.45) is -1.57. The normalized spacial score (nSPS) is 12.4. The molecule has 2 nitrogen and oxygen atoms in total. The van der Waals surface area contributed by atoms with Crippen molar-refractivity contribution in [1.29, 1.82) is 0 Å². The standard InChI is InChI=1S/C13H9F3O2/c14-9-4-2-1-3-7(9)13(18)8-5-10(15)11(16)6-12(8)17/h1-6,13,17-18H. The Bertz CT molecular complexity index is 584. The van der Waals surface area contributed by atoms with E-state index in [9.17, 15) is 23.4 Å². The van der Waals surface area contributed by atoms with Crippen LogP contribution in [-0.2, 0) is 0 Å². The second-order valence-electron chi connectivity index (χ2n) is 3.75. The van der Waals surface area contributed by atoms with Crippen molar-refractivity contribution >= 4 is 0 Å². The summed E-state index contributed by atoms with van der Waals surface area (Å²) in [6, 6.07) is 6.50. The Morgan fingerprint density at radius 1 is 0.833 bits per heavy atom. The lowest BCUT2D eigenvalue weighted by Crippen LogP contribution is -2.04. The predicted molar refractivity (Wildman–Crippen MR) is 58.5 cm³/mol. The molecule has 2 N–H and O–H groups in total. The van der Waals surface area contributed by atoms with E-state index in [4.69, 9.17) is 0 Å². The maximum Gasteiger partial charge on any atom is 0.162 e. The summed E-state index contributed by atoms with van der Waals surface area (Å²) >= 11 is 0. The minimum Gasteiger partial charge on any atom is -0.507 e. The molecule has 5 heteroatoms. The summed E-state index contributed by atoms with van der Waals surface area (Å²) in [6.45, 7) is 0. The van der Waals surface area contributed by atoms with E-state index in [-0.39, 0.29) is 11.1 Å². The molecule has 0 fully saturated rings. The van der Waals surface area contributed by atoms with Crippen LogP contribution in [0.3, 0.4) is 0 Å². The van der Waals surface area contributed by atoms with Crippen LogP contribution in [0, 0.1) is 17.5 Å². The van der Waals surface area contributed by atoms with Crippen molar-refractivity contribution in [2.24, 2.45) is 0 Å². The molecule has 1 atom stereocenters. The Morgan fingerprint density at radius 3 is 2.11 bits per heavy atom. The minimum absolute atomic E-state index is 0.126. The van der Waals surface area contributed by atoms with E-state index >= 15 is 0 Å². The molecule has 0 saturated heterocycles. The van der Waals surface area contributed by atoms with Gasteiger partial charge in [0.05, 0.1) is 0 Å². The Hall–Kier alpha value is -2.01. The van der Waals surface area contributed by atoms with Crippen molar-refractivity contribution < 1.29 is 23.4 Å². The van der Waals surface area contributed by atoms with Crippen LogP contribution in [0.5, 0.6) is 5.75 Å². The van der Waals surface area contributed by atoms with Crippen molar-refractivity contribution in [3.8, 4) is 5.75 Å². The average molecular weight is 254 g/mol. The van der Waals surface area contributed by atoms with Crippen LogP contribution in [0.4, 0.5) is 13.2 Å². The van der Waals surface area contributed by atoms with Gasteiger partial charge in [0, 0.05) is 17.2 Å². The lowest BCUT2D eigenvalue weighted by atomic mass is 10.00. The molecule has 0 aliphatic heterocycles. The molecule has 0 aromatic heterocycles. The molecule has 2 aromatic rings. The van der Waals surface area contributed by atoms with Gasteiger partial charge in [-0.25, -0.2) is 13.2 Å². The van der Waals surface area contributed by atoms with Crippen molar-refractivity contribution in [1.82, 2.24) is 0 Å². The van der Waals surface area contributed by atoms with Gasteiger partial charge in [-0.05, 0) is 12.1 Å². The van der Waals surface area contributed by atoms with Gasteiger partial charge < -0.3 is 10.2 Å². The van der Waals surface area contributed by atoms with Gasteiger partial charge in [0.15, 0.2) is 11.6 Å². The van der Waals surface area contributed by atoms with E-state index in [1.807, 2.05) is 0 Å². The molecule has 0 heterocycles. The number of benzene rings is 2. The van der Waals surface area contributed by atoms with E-state index in [2.05, 4.69) is 0 Å². The fourth-order valence-corrected chi connectivity index (χ4v) is 1.64. The van der Waals surface area contributed by atoms with Crippen LogP contribution in [0.15, 0.2) is 36.4 Å². The molecule has 0 aliphatic rings. The van der Waals surface area contributed by atoms with Crippen molar-refractivity contribution in [2.75, 3.05) is 0 Å². The van der Waals surface area contributed by atoms with Crippen LogP contribution in [0.25, 0.3) is 0 Å². The van der Waals surface area contributed by atoms with Crippen LogP contribution in [0.1, 0.15) is 17.2 Å². The first-order chi connectivity index (χ1) is 8.50. The second-order valence-corrected chi connectivity index (χ2v) is 3.75. The molecule has 0 spiro atoms. The van der Waals surface area contributed by atoms with E-state index in [1.165, 1.54) is 18.2 Å². The van der Waals surface area contributed by atoms with Gasteiger partial charge in [0.1, 0.15) is 17.7 Å². The summed E-state index contributed by atoms with van der Waals surface area (Å²) in [5.74, 6) is -3.80. The van der Waals surface area contributed by atoms with E-state index < -0.39 is 29.3 Å². The third kappa shape index (κ3) is 2.17. The fourth-order valence-electron chi connectivity index (χ4n) is 1.64. The van der Waals surface area contributed by atoms with Crippen LogP contribution >= 0.6 is 0 Å². The Kier molecular flexibility index (Phi) is 3.25. The van der Waals surface area contributed by atoms with Gasteiger partial charge >= 0.3 is 0 Å². The zero-order valence-corrected chi connectivity index (χ0v) is 9.07. The van der Waals surface area contributed by atoms with Gasteiger partial charge in [-0.2, -0.15) is 0 Å². The van der Waals surface area contributed by atoms with E-state index in [0.717, 1.165) is 6.07 Å². The average Bonchev–Trinajstić information content (AvgIpc) is 2.33. The third-order valence-electron chi connectivity index (χ3n) is 2.56. The molecule has 0 bridgehead atoms. The van der Waals surface area contributed by atoms with Crippen LogP contribution < -0.4 is 0 Å². The maximum absolute atomic E-state index is 13.4. The molecule has 0 amide bonds. The first-order valence-corrected chi connectivity index (χ1v) is 5.11. The monoisotopic (exact) mass is 254 g/mol. The topological polar surface area (TPSA) is 40.5 Å². The number of rotatable bonds is 2. The van der Waals surface area contributed by atoms with Gasteiger partial charge in [-0.15, -0.1) is 0 Å². The second kappa shape index (κ2) is 4.70. The molecule has 94 valence electrons. The Labute approximate surface area is 101 Å². The highest BCUT2D eigenvalue weighted by Gasteiger charge is 2.20. The molecular formula is C13H9F3O2. The number of halogens is 3. The lowest BCUT2D eigenvalue weighted by Gasteiger charge is -2.14. The first-order valence-electron chi connectivity index (χ1n) is 5.11. The summed E-state index contributed by atoms with van der Waals surface area (Å²) in [7, 11) is 0. The Balaban J connectivity index is 2.50. The SMILES string of the molecule is Oc1cc(F)c(F)cc1C(O)c1ccccc1F. The highest BCUT2D eigenvalue weighted by atomic mass is 19.2. The number of aliphatic hydroxyl groups excluding tert-OH is 1. The van der Waals surface area contributed by atoms with Crippen LogP contribution in [-0.4, -0.2) is 10.2 Å². The highest BCUT2D eigenvalue weighted by Crippen LogP contribution is 2.32. The molecule has 0 radical (unpaired) electrons. The summed E-state index contributed by atoms with van der Waals surface area (Å²) in [5, 5.41) is 19.3. The van der Waals surface area contributed by atoms with Crippen molar-refractivity contribution in [3.63, 3.8) is 0 Å². The largest absolute Gasteiger partial charge is 0.507 e. The van der Waals surface area contributed by atoms with Crippen molar-refractivity contribution in [3.05, 3.63) is 65.0 Å². The summed E-state index contributed by atoms with van der Waals surface area (Å²) in [5.41, 5.74) is -0.419. The van der Waals surface area contributed by atoms with Crippen LogP contribution in [0.2, 0.25) is 0 Å². The van der Waals surface area contributed by atoms with Gasteiger partial charge in [-0.3, -0.25) is 0 Å². The number of hydrogen-bond donors (Lipinski definition) is 2. The quantitative estimate of drug-likeness (QED) is 0.865. The Morgan fingerprint density at radius 2 is 1.44 bits per heavy atom. The smallest absolute Gasteiger partial charge is 0.162 e. The maximum atomic E-state index is 13.4. The summed E-state index contributed by atoms with van der Waals surface area (Å²) in [4.78, 5) is 0. The molecule has 18 heavy (non-hydrogen) atoms. The van der Waals surface area contributed by atoms with Gasteiger partial charge in [-0.1, -0.05) is 18.2 Å². The minimum atomic E-state index is -1.57. The number of hydrogen-bond acceptors (Lipinski definition) is 2. The molecule has 0 aliphatic carbocycles. The molecule has 0 saturated carbocycles. The first kappa shape index (κ1) is 12.4. The van der Waals surface area contributed by atoms with Gasteiger partial charge in [0.2, 0.25) is 0 Å². The fraction of sp³-hybridized carbons (Fsp3) is 0.0769. The highest BCUT2D eigenvalue weighted by molar-refractivity contribution is 5.40. The molecular weight excluding hydrogens is 245 g/mol. The predicted octanol–water partition coefficient (Wildman–Crippen LogP) is 2.89. The summed E-state index contributed by atoms with van der Waals surface area (Å²) < 4.78 is 39.3. The molecule has 2 aromatic carbocycles. The van der Waals surface area contributed by atoms with E-state index in [1.54, 1.807) is 0 Å². The molecule has 1 unspecified atom stereocenters. The number of aromatic hydroxyl groups is 1. The zero-order valence-electron chi connectivity index (χ0n) is 9.07. The lowest BCUT2D eigenvalue weighted by molar-refractivity contribution is 0.209. The number of aliphatic hydroxyl groups is 1. The van der Waals surface area contributed by atoms with Crippen molar-refractivity contribution in [2.45, 2.75) is 6.10 Å². The third-order valence-corrected chi connectivity index (χ3v) is 2.56. The van der Waals surface area contributed by atoms with E-state index in [0.29, 0.717) is 12.1 Å². The molecule has 2 rings (SSSR count). The number of phenolic OH excluding ortho intramolecular Hbond substituents is 1.